The van der Waals surface area contributed by atoms with Crippen molar-refractivity contribution in [3.8, 4) is 10.7 Å². The van der Waals surface area contributed by atoms with Crippen LogP contribution in [-0.2, 0) is 0 Å². The Bertz CT molecular complexity index is 634. The number of nitrogens with one attached hydrogen (secondary N) is 1. The number of carbonyl (C=O) groups excluding carboxylic acids is 1. The van der Waals surface area contributed by atoms with Gasteiger partial charge in [0.25, 0.3) is 5.91 Å². The maximum absolute atomic E-state index is 12.6. The third kappa shape index (κ3) is 2.93. The van der Waals surface area contributed by atoms with Gasteiger partial charge in [-0.3, -0.25) is 14.8 Å². The first-order valence-electron chi connectivity index (χ1n) is 6.99. The molecule has 0 atom stereocenters. The minimum atomic E-state index is 0.0904. The first-order valence-corrected chi connectivity index (χ1v) is 7.81. The van der Waals surface area contributed by atoms with E-state index in [0.717, 1.165) is 41.8 Å². The van der Waals surface area contributed by atoms with Crippen LogP contribution in [0.4, 0.5) is 0 Å². The van der Waals surface area contributed by atoms with Gasteiger partial charge in [0.1, 0.15) is 15.6 Å². The van der Waals surface area contributed by atoms with Crippen molar-refractivity contribution in [1.29, 1.82) is 0 Å². The van der Waals surface area contributed by atoms with Crippen LogP contribution in [0.5, 0.6) is 0 Å². The standard InChI is InChI=1S/C14H17N5OS/c1-10-12(14(20)19-7-5-18(2)6-8-19)21-13(17-10)11-9-15-3-4-16-11/h3-4,9H,5-8H2,1-2H3/p+1. The van der Waals surface area contributed by atoms with Gasteiger partial charge in [-0.15, -0.1) is 11.3 Å². The molecule has 1 amide bonds. The topological polar surface area (TPSA) is 63.4 Å². The molecule has 110 valence electrons. The Hall–Kier alpha value is -1.86. The number of nitrogens with zero attached hydrogens (tertiary/aromatic N) is 4. The van der Waals surface area contributed by atoms with Gasteiger partial charge in [-0.25, -0.2) is 4.98 Å². The highest BCUT2D eigenvalue weighted by Crippen LogP contribution is 2.27. The summed E-state index contributed by atoms with van der Waals surface area (Å²) in [5.41, 5.74) is 1.49. The number of amides is 1. The lowest BCUT2D eigenvalue weighted by Crippen LogP contribution is -3.12. The molecule has 0 spiro atoms. The molecule has 0 aromatic carbocycles. The van der Waals surface area contributed by atoms with E-state index >= 15 is 0 Å². The molecule has 1 saturated heterocycles. The predicted molar refractivity (Wildman–Crippen MR) is 80.4 cm³/mol. The number of aromatic nitrogens is 3. The van der Waals surface area contributed by atoms with Crippen LogP contribution in [0.25, 0.3) is 10.7 Å². The average molecular weight is 304 g/mol. The smallest absolute Gasteiger partial charge is 0.266 e. The predicted octanol–water partition coefficient (Wildman–Crippen LogP) is -0.121. The van der Waals surface area contributed by atoms with Crippen molar-refractivity contribution in [2.24, 2.45) is 0 Å². The third-order valence-corrected chi connectivity index (χ3v) is 4.85. The monoisotopic (exact) mass is 304 g/mol. The number of carbonyl (C=O) groups is 1. The molecule has 0 saturated carbocycles. The van der Waals surface area contributed by atoms with E-state index in [9.17, 15) is 4.79 Å². The molecule has 1 fully saturated rings. The van der Waals surface area contributed by atoms with Crippen LogP contribution in [0.1, 0.15) is 15.4 Å². The summed E-state index contributed by atoms with van der Waals surface area (Å²) in [7, 11) is 2.16. The molecular weight excluding hydrogens is 286 g/mol. The van der Waals surface area contributed by atoms with Crippen molar-refractivity contribution in [3.05, 3.63) is 29.2 Å². The second-order valence-corrected chi connectivity index (χ2v) is 6.27. The normalized spacial score (nSPS) is 16.2. The Labute approximate surface area is 127 Å². The van der Waals surface area contributed by atoms with Crippen LogP contribution in [0.3, 0.4) is 0 Å². The summed E-state index contributed by atoms with van der Waals surface area (Å²) in [6.07, 6.45) is 4.94. The summed E-state index contributed by atoms with van der Waals surface area (Å²) in [6.45, 7) is 5.50. The van der Waals surface area contributed by atoms with Gasteiger partial charge >= 0.3 is 0 Å². The molecule has 0 unspecified atom stereocenters. The summed E-state index contributed by atoms with van der Waals surface area (Å²) in [5, 5.41) is 0.753. The van der Waals surface area contributed by atoms with E-state index < -0.39 is 0 Å². The molecule has 3 rings (SSSR count). The SMILES string of the molecule is Cc1nc(-c2cnccn2)sc1C(=O)N1CC[NH+](C)CC1. The van der Waals surface area contributed by atoms with Crippen molar-refractivity contribution in [1.82, 2.24) is 19.9 Å². The summed E-state index contributed by atoms with van der Waals surface area (Å²) in [4.78, 5) is 29.5. The van der Waals surface area contributed by atoms with Crippen molar-refractivity contribution in [3.63, 3.8) is 0 Å². The fraction of sp³-hybridized carbons (Fsp3) is 0.429. The van der Waals surface area contributed by atoms with Gasteiger partial charge in [0.05, 0.1) is 45.1 Å². The van der Waals surface area contributed by atoms with Crippen molar-refractivity contribution in [2.45, 2.75) is 6.92 Å². The van der Waals surface area contributed by atoms with Crippen LogP contribution >= 0.6 is 11.3 Å². The molecule has 6 nitrogen and oxygen atoms in total. The van der Waals surface area contributed by atoms with E-state index in [2.05, 4.69) is 22.0 Å². The minimum Gasteiger partial charge on any atom is -0.334 e. The van der Waals surface area contributed by atoms with E-state index in [1.54, 1.807) is 18.6 Å². The van der Waals surface area contributed by atoms with Gasteiger partial charge in [0.2, 0.25) is 0 Å². The van der Waals surface area contributed by atoms with Crippen molar-refractivity contribution < 1.29 is 9.69 Å². The molecule has 0 bridgehead atoms. The Morgan fingerprint density at radius 1 is 1.33 bits per heavy atom. The molecule has 3 heterocycles. The number of hydrogen-bond acceptors (Lipinski definition) is 5. The van der Waals surface area contributed by atoms with E-state index in [-0.39, 0.29) is 5.91 Å². The second-order valence-electron chi connectivity index (χ2n) is 5.27. The zero-order chi connectivity index (χ0) is 14.8. The number of likely N-dealkylation sites (N-methyl/N-ethyl adjacent to an activating group) is 1. The molecule has 1 aliphatic rings. The summed E-state index contributed by atoms with van der Waals surface area (Å²) in [6, 6.07) is 0. The summed E-state index contributed by atoms with van der Waals surface area (Å²) in [5.74, 6) is 0.0904. The van der Waals surface area contributed by atoms with Crippen LogP contribution in [0.15, 0.2) is 18.6 Å². The zero-order valence-corrected chi connectivity index (χ0v) is 13.0. The number of thiazole rings is 1. The highest BCUT2D eigenvalue weighted by molar-refractivity contribution is 7.17. The lowest BCUT2D eigenvalue weighted by Gasteiger charge is -2.29. The van der Waals surface area contributed by atoms with Gasteiger partial charge in [-0.2, -0.15) is 0 Å². The van der Waals surface area contributed by atoms with Crippen LogP contribution < -0.4 is 4.90 Å². The minimum absolute atomic E-state index is 0.0904. The number of aryl methyl sites for hydroxylation is 1. The highest BCUT2D eigenvalue weighted by atomic mass is 32.1. The summed E-state index contributed by atoms with van der Waals surface area (Å²) >= 11 is 1.40. The maximum Gasteiger partial charge on any atom is 0.266 e. The van der Waals surface area contributed by atoms with E-state index in [1.807, 2.05) is 11.8 Å². The number of hydrogen-bond donors (Lipinski definition) is 1. The Kier molecular flexibility index (Phi) is 3.94. The van der Waals surface area contributed by atoms with E-state index in [1.165, 1.54) is 16.2 Å². The second kappa shape index (κ2) is 5.87. The third-order valence-electron chi connectivity index (χ3n) is 3.68. The summed E-state index contributed by atoms with van der Waals surface area (Å²) < 4.78 is 0. The van der Waals surface area contributed by atoms with Gasteiger partial charge in [0, 0.05) is 12.4 Å². The Morgan fingerprint density at radius 3 is 2.76 bits per heavy atom. The molecule has 0 radical (unpaired) electrons. The fourth-order valence-electron chi connectivity index (χ4n) is 2.35. The molecule has 21 heavy (non-hydrogen) atoms. The van der Waals surface area contributed by atoms with Crippen molar-refractivity contribution >= 4 is 17.2 Å². The van der Waals surface area contributed by atoms with E-state index in [0.29, 0.717) is 5.69 Å². The number of piperazine rings is 1. The largest absolute Gasteiger partial charge is 0.334 e. The molecule has 0 aliphatic carbocycles. The van der Waals surface area contributed by atoms with Gasteiger partial charge in [-0.1, -0.05) is 0 Å². The lowest BCUT2D eigenvalue weighted by atomic mass is 10.3. The van der Waals surface area contributed by atoms with E-state index in [4.69, 9.17) is 0 Å². The van der Waals surface area contributed by atoms with Gasteiger partial charge < -0.3 is 9.80 Å². The number of quaternary nitrogens is 1. The molecular formula is C14H18N5OS+. The fourth-order valence-corrected chi connectivity index (χ4v) is 3.34. The van der Waals surface area contributed by atoms with Gasteiger partial charge in [-0.05, 0) is 6.92 Å². The average Bonchev–Trinajstić information content (AvgIpc) is 2.90. The highest BCUT2D eigenvalue weighted by Gasteiger charge is 2.26. The van der Waals surface area contributed by atoms with Crippen LogP contribution in [0.2, 0.25) is 0 Å². The quantitative estimate of drug-likeness (QED) is 0.840. The lowest BCUT2D eigenvalue weighted by molar-refractivity contribution is -0.883. The molecule has 1 aliphatic heterocycles. The first-order chi connectivity index (χ1) is 10.1. The number of rotatable bonds is 2. The first kappa shape index (κ1) is 14.1. The molecule has 7 heteroatoms. The Balaban J connectivity index is 1.83. The molecule has 2 aromatic heterocycles. The van der Waals surface area contributed by atoms with Crippen LogP contribution in [0, 0.1) is 6.92 Å². The molecule has 1 N–H and O–H groups in total. The van der Waals surface area contributed by atoms with Gasteiger partial charge in [0.15, 0.2) is 0 Å². The maximum atomic E-state index is 12.6. The van der Waals surface area contributed by atoms with Crippen LogP contribution in [-0.4, -0.2) is 59.0 Å². The molecule has 2 aromatic rings. The zero-order valence-electron chi connectivity index (χ0n) is 12.2. The van der Waals surface area contributed by atoms with Crippen molar-refractivity contribution in [2.75, 3.05) is 33.2 Å². The Morgan fingerprint density at radius 2 is 2.10 bits per heavy atom.